The Labute approximate surface area is 158 Å². The van der Waals surface area contributed by atoms with Crippen molar-refractivity contribution in [2.45, 2.75) is 23.8 Å². The van der Waals surface area contributed by atoms with E-state index >= 15 is 0 Å². The van der Waals surface area contributed by atoms with Crippen molar-refractivity contribution in [3.05, 3.63) is 42.1 Å². The minimum Gasteiger partial charge on any atom is -0.367 e. The van der Waals surface area contributed by atoms with E-state index in [-0.39, 0.29) is 18.6 Å². The third-order valence-corrected chi connectivity index (χ3v) is 6.76. The maximum atomic E-state index is 11.7. The third-order valence-electron chi connectivity index (χ3n) is 5.18. The van der Waals surface area contributed by atoms with Crippen molar-refractivity contribution >= 4 is 28.6 Å². The van der Waals surface area contributed by atoms with Gasteiger partial charge in [-0.15, -0.1) is 11.8 Å². The first-order valence-electron chi connectivity index (χ1n) is 9.06. The van der Waals surface area contributed by atoms with Crippen LogP contribution in [-0.2, 0) is 16.1 Å². The van der Waals surface area contributed by atoms with Crippen LogP contribution in [0.15, 0.2) is 36.4 Å². The van der Waals surface area contributed by atoms with Gasteiger partial charge >= 0.3 is 0 Å². The number of rotatable bonds is 5. The van der Waals surface area contributed by atoms with Crippen molar-refractivity contribution in [1.82, 2.24) is 14.8 Å². The molecule has 1 unspecified atom stereocenters. The number of para-hydroxylation sites is 1. The van der Waals surface area contributed by atoms with E-state index in [9.17, 15) is 4.79 Å². The van der Waals surface area contributed by atoms with Crippen LogP contribution >= 0.6 is 11.8 Å². The predicted octanol–water partition coefficient (Wildman–Crippen LogP) is 2.40. The molecule has 4 rings (SSSR count). The number of nitrogens with zero attached hydrogens (tertiary/aromatic N) is 3. The van der Waals surface area contributed by atoms with E-state index in [1.165, 1.54) is 5.39 Å². The van der Waals surface area contributed by atoms with Gasteiger partial charge in [-0.3, -0.25) is 14.7 Å². The number of ether oxygens (including phenoxy) is 1. The number of aromatic nitrogens is 1. The standard InChI is InChI=1S/C20H25N3O2S/c1-22(2)19(24)11-25-17-9-20(26-12-17)13-23(14-20)10-16-8-7-15-5-3-4-6-18(15)21-16/h3-8,17H,9-14H2,1-2H3. The zero-order valence-electron chi connectivity index (χ0n) is 15.4. The van der Waals surface area contributed by atoms with Gasteiger partial charge in [0.05, 0.1) is 17.3 Å². The van der Waals surface area contributed by atoms with Crippen LogP contribution in [0.3, 0.4) is 0 Å². The van der Waals surface area contributed by atoms with Crippen LogP contribution in [-0.4, -0.2) is 71.1 Å². The van der Waals surface area contributed by atoms with E-state index < -0.39 is 0 Å². The number of fused-ring (bicyclic) bond motifs is 1. The third kappa shape index (κ3) is 3.72. The first-order chi connectivity index (χ1) is 12.5. The molecule has 5 nitrogen and oxygen atoms in total. The lowest BCUT2D eigenvalue weighted by molar-refractivity contribution is -0.135. The minimum atomic E-state index is 0.0357. The number of hydrogen-bond donors (Lipinski definition) is 0. The highest BCUT2D eigenvalue weighted by atomic mass is 32.2. The normalized spacial score (nSPS) is 21.8. The van der Waals surface area contributed by atoms with Crippen LogP contribution in [0.2, 0.25) is 0 Å². The van der Waals surface area contributed by atoms with Gasteiger partial charge in [0.25, 0.3) is 0 Å². The summed E-state index contributed by atoms with van der Waals surface area (Å²) >= 11 is 2.00. The molecule has 3 heterocycles. The van der Waals surface area contributed by atoms with E-state index in [2.05, 4.69) is 29.2 Å². The van der Waals surface area contributed by atoms with E-state index in [0.717, 1.165) is 43.0 Å². The van der Waals surface area contributed by atoms with Gasteiger partial charge in [-0.05, 0) is 18.6 Å². The van der Waals surface area contributed by atoms with E-state index in [0.29, 0.717) is 4.75 Å². The lowest BCUT2D eigenvalue weighted by Gasteiger charge is -2.47. The van der Waals surface area contributed by atoms with Crippen LogP contribution in [0.4, 0.5) is 0 Å². The average Bonchev–Trinajstić information content (AvgIpc) is 3.03. The Hall–Kier alpha value is -1.63. The quantitative estimate of drug-likeness (QED) is 0.808. The largest absolute Gasteiger partial charge is 0.367 e. The molecule has 2 aromatic rings. The zero-order chi connectivity index (χ0) is 18.1. The molecular formula is C20H25N3O2S. The molecule has 26 heavy (non-hydrogen) atoms. The topological polar surface area (TPSA) is 45.7 Å². The molecule has 0 N–H and O–H groups in total. The van der Waals surface area contributed by atoms with Crippen molar-refractivity contribution < 1.29 is 9.53 Å². The molecule has 1 aromatic heterocycles. The summed E-state index contributed by atoms with van der Waals surface area (Å²) < 4.78 is 6.12. The Morgan fingerprint density at radius 2 is 2.12 bits per heavy atom. The summed E-state index contributed by atoms with van der Waals surface area (Å²) in [6.45, 7) is 3.25. The van der Waals surface area contributed by atoms with Crippen molar-refractivity contribution in [3.63, 3.8) is 0 Å². The molecule has 1 atom stereocenters. The lowest BCUT2D eigenvalue weighted by atomic mass is 9.92. The summed E-state index contributed by atoms with van der Waals surface area (Å²) in [6, 6.07) is 12.5. The Morgan fingerprint density at radius 1 is 1.31 bits per heavy atom. The predicted molar refractivity (Wildman–Crippen MR) is 105 cm³/mol. The van der Waals surface area contributed by atoms with Gasteiger partial charge in [0.15, 0.2) is 0 Å². The molecule has 0 bridgehead atoms. The van der Waals surface area contributed by atoms with Crippen molar-refractivity contribution in [3.8, 4) is 0 Å². The maximum absolute atomic E-state index is 11.7. The van der Waals surface area contributed by atoms with E-state index in [1.54, 1.807) is 19.0 Å². The fraction of sp³-hybridized carbons (Fsp3) is 0.500. The summed E-state index contributed by atoms with van der Waals surface area (Å²) in [4.78, 5) is 20.5. The smallest absolute Gasteiger partial charge is 0.248 e. The average molecular weight is 372 g/mol. The van der Waals surface area contributed by atoms with Crippen LogP contribution in [0.25, 0.3) is 10.9 Å². The summed E-state index contributed by atoms with van der Waals surface area (Å²) in [5.41, 5.74) is 2.19. The molecule has 1 spiro atoms. The van der Waals surface area contributed by atoms with E-state index in [1.807, 2.05) is 23.9 Å². The van der Waals surface area contributed by atoms with Crippen LogP contribution in [0, 0.1) is 0 Å². The van der Waals surface area contributed by atoms with Crippen LogP contribution in [0.1, 0.15) is 12.1 Å². The number of likely N-dealkylation sites (N-methyl/N-ethyl adjacent to an activating group) is 1. The molecule has 0 radical (unpaired) electrons. The van der Waals surface area contributed by atoms with Crippen LogP contribution in [0.5, 0.6) is 0 Å². The number of pyridine rings is 1. The molecule has 2 fully saturated rings. The fourth-order valence-electron chi connectivity index (χ4n) is 3.75. The van der Waals surface area contributed by atoms with Crippen molar-refractivity contribution in [2.24, 2.45) is 0 Å². The van der Waals surface area contributed by atoms with Crippen molar-refractivity contribution in [2.75, 3.05) is 39.5 Å². The first-order valence-corrected chi connectivity index (χ1v) is 10.0. The van der Waals surface area contributed by atoms with Gasteiger partial charge in [0, 0.05) is 49.6 Å². The zero-order valence-corrected chi connectivity index (χ0v) is 16.2. The molecule has 1 amide bonds. The number of carbonyl (C=O) groups is 1. The van der Waals surface area contributed by atoms with Gasteiger partial charge in [-0.25, -0.2) is 0 Å². The SMILES string of the molecule is CN(C)C(=O)COC1CSC2(C1)CN(Cc1ccc3ccccc3n1)C2. The maximum Gasteiger partial charge on any atom is 0.248 e. The van der Waals surface area contributed by atoms with Crippen LogP contribution < -0.4 is 0 Å². The first kappa shape index (κ1) is 17.8. The molecule has 1 aromatic carbocycles. The lowest BCUT2D eigenvalue weighted by Crippen LogP contribution is -2.58. The number of carbonyl (C=O) groups excluding carboxylic acids is 1. The molecule has 0 aliphatic carbocycles. The number of hydrogen-bond acceptors (Lipinski definition) is 5. The number of likely N-dealkylation sites (tertiary alicyclic amines) is 1. The van der Waals surface area contributed by atoms with Gasteiger partial charge in [0.1, 0.15) is 6.61 Å². The molecule has 2 aliphatic rings. The molecular weight excluding hydrogens is 346 g/mol. The Bertz CT molecular complexity index is 804. The van der Waals surface area contributed by atoms with Gasteiger partial charge in [-0.1, -0.05) is 24.3 Å². The second-order valence-corrected chi connectivity index (χ2v) is 9.05. The number of benzene rings is 1. The highest BCUT2D eigenvalue weighted by Gasteiger charge is 2.49. The Balaban J connectivity index is 1.27. The van der Waals surface area contributed by atoms with E-state index in [4.69, 9.17) is 9.72 Å². The molecule has 2 aliphatic heterocycles. The highest BCUT2D eigenvalue weighted by molar-refractivity contribution is 8.01. The fourth-order valence-corrected chi connectivity index (χ4v) is 5.36. The molecule has 6 heteroatoms. The van der Waals surface area contributed by atoms with Gasteiger partial charge < -0.3 is 9.64 Å². The summed E-state index contributed by atoms with van der Waals surface area (Å²) in [6.07, 6.45) is 1.24. The number of thioether (sulfide) groups is 1. The monoisotopic (exact) mass is 371 g/mol. The number of amides is 1. The second-order valence-electron chi connectivity index (χ2n) is 7.56. The van der Waals surface area contributed by atoms with Gasteiger partial charge in [0.2, 0.25) is 5.91 Å². The summed E-state index contributed by atoms with van der Waals surface area (Å²) in [7, 11) is 3.53. The summed E-state index contributed by atoms with van der Waals surface area (Å²) in [5.74, 6) is 1.02. The Morgan fingerprint density at radius 3 is 2.92 bits per heavy atom. The minimum absolute atomic E-state index is 0.0357. The molecule has 2 saturated heterocycles. The Kier molecular flexibility index (Phi) is 4.90. The second kappa shape index (κ2) is 7.18. The van der Waals surface area contributed by atoms with Gasteiger partial charge in [-0.2, -0.15) is 0 Å². The van der Waals surface area contributed by atoms with Crippen molar-refractivity contribution in [1.29, 1.82) is 0 Å². The highest BCUT2D eigenvalue weighted by Crippen LogP contribution is 2.46. The molecule has 0 saturated carbocycles. The molecule has 138 valence electrons. The summed E-state index contributed by atoms with van der Waals surface area (Å²) in [5, 5.41) is 1.19.